The van der Waals surface area contributed by atoms with E-state index in [-0.39, 0.29) is 30.2 Å². The monoisotopic (exact) mass is 587 g/mol. The van der Waals surface area contributed by atoms with Gasteiger partial charge in [-0.1, -0.05) is 24.3 Å². The number of amides is 1. The standard InChI is InChI=1S/C28H21F8NO4/c29-22-7-6-19(13-23(22)30)26(8-9-40-25(39)18-4-2-1-3-5-18)16-37(24(38)15-41-26)14-17-10-20(27(31,32)33)12-21(11-17)28(34,35)36/h1-7,10-13H,8-9,14-16H2. The van der Waals surface area contributed by atoms with Crippen LogP contribution in [0.1, 0.15) is 39.0 Å². The number of hydrogen-bond acceptors (Lipinski definition) is 4. The molecule has 1 amide bonds. The molecule has 218 valence electrons. The van der Waals surface area contributed by atoms with Crippen molar-refractivity contribution in [2.24, 2.45) is 0 Å². The molecule has 1 atom stereocenters. The highest BCUT2D eigenvalue weighted by Crippen LogP contribution is 2.38. The zero-order valence-electron chi connectivity index (χ0n) is 21.0. The first-order valence-electron chi connectivity index (χ1n) is 12.1. The van der Waals surface area contributed by atoms with Gasteiger partial charge in [0, 0.05) is 13.0 Å². The Hall–Kier alpha value is -4.00. The van der Waals surface area contributed by atoms with Crippen LogP contribution in [0.4, 0.5) is 35.1 Å². The summed E-state index contributed by atoms with van der Waals surface area (Å²) >= 11 is 0. The zero-order chi connectivity index (χ0) is 30.0. The van der Waals surface area contributed by atoms with Crippen LogP contribution in [0.3, 0.4) is 0 Å². The van der Waals surface area contributed by atoms with Crippen LogP contribution in [0.5, 0.6) is 0 Å². The number of nitrogens with zero attached hydrogens (tertiary/aromatic N) is 1. The number of alkyl halides is 6. The molecule has 0 N–H and O–H groups in total. The van der Waals surface area contributed by atoms with Crippen LogP contribution < -0.4 is 0 Å². The fourth-order valence-electron chi connectivity index (χ4n) is 4.42. The van der Waals surface area contributed by atoms with Gasteiger partial charge in [0.15, 0.2) is 11.6 Å². The van der Waals surface area contributed by atoms with Crippen LogP contribution >= 0.6 is 0 Å². The van der Waals surface area contributed by atoms with E-state index in [4.69, 9.17) is 9.47 Å². The second-order valence-corrected chi connectivity index (χ2v) is 9.33. The molecule has 0 saturated carbocycles. The van der Waals surface area contributed by atoms with Crippen molar-refractivity contribution in [1.82, 2.24) is 4.90 Å². The summed E-state index contributed by atoms with van der Waals surface area (Å²) < 4.78 is 119. The van der Waals surface area contributed by atoms with Crippen molar-refractivity contribution in [3.63, 3.8) is 0 Å². The third kappa shape index (κ3) is 7.02. The van der Waals surface area contributed by atoms with E-state index < -0.39 is 77.9 Å². The third-order valence-corrected chi connectivity index (χ3v) is 6.49. The second-order valence-electron chi connectivity index (χ2n) is 9.33. The Morgan fingerprint density at radius 2 is 1.51 bits per heavy atom. The molecule has 3 aromatic carbocycles. The molecule has 0 aromatic heterocycles. The van der Waals surface area contributed by atoms with Gasteiger partial charge in [0.1, 0.15) is 12.2 Å². The summed E-state index contributed by atoms with van der Waals surface area (Å²) in [5, 5.41) is 0. The molecule has 3 aromatic rings. The van der Waals surface area contributed by atoms with Gasteiger partial charge in [0.25, 0.3) is 0 Å². The van der Waals surface area contributed by atoms with Crippen LogP contribution in [0.2, 0.25) is 0 Å². The first-order chi connectivity index (χ1) is 19.2. The average molecular weight is 587 g/mol. The number of rotatable bonds is 7. The molecular weight excluding hydrogens is 566 g/mol. The molecule has 0 spiro atoms. The van der Waals surface area contributed by atoms with E-state index in [0.717, 1.165) is 23.1 Å². The van der Waals surface area contributed by atoms with Gasteiger partial charge in [0.2, 0.25) is 5.91 Å². The molecular formula is C28H21F8NO4. The molecule has 0 radical (unpaired) electrons. The van der Waals surface area contributed by atoms with Gasteiger partial charge in [-0.05, 0) is 53.6 Å². The minimum absolute atomic E-state index is 0.0182. The number of benzene rings is 3. The summed E-state index contributed by atoms with van der Waals surface area (Å²) in [4.78, 5) is 26.1. The lowest BCUT2D eigenvalue weighted by Gasteiger charge is -2.43. The molecule has 4 rings (SSSR count). The Kier molecular flexibility index (Phi) is 8.39. The number of carbonyl (C=O) groups is 2. The summed E-state index contributed by atoms with van der Waals surface area (Å²) in [5.41, 5.74) is -4.97. The fraction of sp³-hybridized carbons (Fsp3) is 0.286. The molecule has 41 heavy (non-hydrogen) atoms. The number of carbonyl (C=O) groups excluding carboxylic acids is 2. The lowest BCUT2D eigenvalue weighted by Crippen LogP contribution is -2.53. The maximum absolute atomic E-state index is 14.2. The highest BCUT2D eigenvalue weighted by molar-refractivity contribution is 5.89. The van der Waals surface area contributed by atoms with E-state index in [1.165, 1.54) is 12.1 Å². The summed E-state index contributed by atoms with van der Waals surface area (Å²) in [6, 6.07) is 11.6. The smallest absolute Gasteiger partial charge is 0.416 e. The van der Waals surface area contributed by atoms with Gasteiger partial charge < -0.3 is 14.4 Å². The van der Waals surface area contributed by atoms with Gasteiger partial charge in [-0.15, -0.1) is 0 Å². The highest BCUT2D eigenvalue weighted by Gasteiger charge is 2.43. The van der Waals surface area contributed by atoms with Crippen molar-refractivity contribution < 1.29 is 54.2 Å². The number of esters is 1. The van der Waals surface area contributed by atoms with Crippen molar-refractivity contribution in [3.8, 4) is 0 Å². The Bertz CT molecular complexity index is 1390. The van der Waals surface area contributed by atoms with E-state index in [1.807, 2.05) is 0 Å². The predicted octanol–water partition coefficient (Wildman–Crippen LogP) is 6.50. The summed E-state index contributed by atoms with van der Waals surface area (Å²) in [7, 11) is 0. The van der Waals surface area contributed by atoms with Crippen LogP contribution in [-0.4, -0.2) is 36.5 Å². The average Bonchev–Trinajstić information content (AvgIpc) is 2.91. The van der Waals surface area contributed by atoms with Gasteiger partial charge in [-0.25, -0.2) is 13.6 Å². The first kappa shape index (κ1) is 30.0. The normalized spacial score (nSPS) is 18.0. The molecule has 1 fully saturated rings. The summed E-state index contributed by atoms with van der Waals surface area (Å²) in [5.74, 6) is -3.93. The van der Waals surface area contributed by atoms with Crippen LogP contribution in [0, 0.1) is 11.6 Å². The van der Waals surface area contributed by atoms with Gasteiger partial charge in [-0.2, -0.15) is 26.3 Å². The Balaban J connectivity index is 1.64. The van der Waals surface area contributed by atoms with Crippen molar-refractivity contribution >= 4 is 11.9 Å². The van der Waals surface area contributed by atoms with E-state index in [2.05, 4.69) is 0 Å². The van der Waals surface area contributed by atoms with Crippen molar-refractivity contribution in [2.75, 3.05) is 19.8 Å². The molecule has 13 heteroatoms. The topological polar surface area (TPSA) is 55.8 Å². The third-order valence-electron chi connectivity index (χ3n) is 6.49. The minimum atomic E-state index is -5.09. The number of ether oxygens (including phenoxy) is 2. The quantitative estimate of drug-likeness (QED) is 0.234. The fourth-order valence-corrected chi connectivity index (χ4v) is 4.42. The maximum Gasteiger partial charge on any atom is 0.416 e. The molecule has 5 nitrogen and oxygen atoms in total. The Morgan fingerprint density at radius 3 is 2.10 bits per heavy atom. The van der Waals surface area contributed by atoms with Crippen LogP contribution in [-0.2, 0) is 38.8 Å². The number of hydrogen-bond donors (Lipinski definition) is 0. The van der Waals surface area contributed by atoms with Crippen LogP contribution in [0.15, 0.2) is 66.7 Å². The largest absolute Gasteiger partial charge is 0.462 e. The SMILES string of the molecule is O=C(OCCC1(c2ccc(F)c(F)c2)CN(Cc2cc(C(F)(F)F)cc(C(F)(F)F)c2)C(=O)CO1)c1ccccc1. The molecule has 1 aliphatic heterocycles. The highest BCUT2D eigenvalue weighted by atomic mass is 19.4. The molecule has 1 saturated heterocycles. The van der Waals surface area contributed by atoms with E-state index in [9.17, 15) is 44.7 Å². The zero-order valence-corrected chi connectivity index (χ0v) is 21.0. The van der Waals surface area contributed by atoms with Gasteiger partial charge in [0.05, 0.1) is 29.8 Å². The molecule has 1 heterocycles. The molecule has 1 unspecified atom stereocenters. The molecule has 0 bridgehead atoms. The maximum atomic E-state index is 14.2. The van der Waals surface area contributed by atoms with Gasteiger partial charge >= 0.3 is 18.3 Å². The van der Waals surface area contributed by atoms with Crippen LogP contribution in [0.25, 0.3) is 0 Å². The molecule has 0 aliphatic carbocycles. The van der Waals surface area contributed by atoms with Crippen molar-refractivity contribution in [2.45, 2.75) is 30.9 Å². The van der Waals surface area contributed by atoms with Gasteiger partial charge in [-0.3, -0.25) is 4.79 Å². The van der Waals surface area contributed by atoms with E-state index in [1.54, 1.807) is 18.2 Å². The Morgan fingerprint density at radius 1 is 0.878 bits per heavy atom. The van der Waals surface area contributed by atoms with E-state index >= 15 is 0 Å². The first-order valence-corrected chi connectivity index (χ1v) is 12.1. The number of morpholine rings is 1. The lowest BCUT2D eigenvalue weighted by molar-refractivity contribution is -0.170. The summed E-state index contributed by atoms with van der Waals surface area (Å²) in [6.45, 7) is -2.17. The second kappa shape index (κ2) is 11.5. The summed E-state index contributed by atoms with van der Waals surface area (Å²) in [6.07, 6.45) is -10.4. The van der Waals surface area contributed by atoms with E-state index in [0.29, 0.717) is 12.1 Å². The van der Waals surface area contributed by atoms with Crippen molar-refractivity contribution in [1.29, 1.82) is 0 Å². The predicted molar refractivity (Wildman–Crippen MR) is 127 cm³/mol. The Labute approximate surface area is 228 Å². The molecule has 1 aliphatic rings. The lowest BCUT2D eigenvalue weighted by atomic mass is 9.88. The van der Waals surface area contributed by atoms with Crippen molar-refractivity contribution in [3.05, 3.63) is 106 Å². The number of halogens is 8. The minimum Gasteiger partial charge on any atom is -0.462 e.